The standard InChI is InChI=1S/C11H11N3O/c1-8-2-3-12-6-9(8)11(15)10-7-13-4-5-14-10/h2-7,11,15H,1H3. The van der Waals surface area contributed by atoms with Crippen LogP contribution >= 0.6 is 0 Å². The summed E-state index contributed by atoms with van der Waals surface area (Å²) in [6.07, 6.45) is 7.28. The molecular weight excluding hydrogens is 190 g/mol. The molecule has 0 fully saturated rings. The Kier molecular flexibility index (Phi) is 2.69. The predicted octanol–water partition coefficient (Wildman–Crippen LogP) is 1.26. The van der Waals surface area contributed by atoms with Crippen LogP contribution in [0.15, 0.2) is 37.1 Å². The SMILES string of the molecule is Cc1ccncc1C(O)c1cnccn1. The first kappa shape index (κ1) is 9.73. The number of aromatic nitrogens is 3. The molecule has 2 rings (SSSR count). The summed E-state index contributed by atoms with van der Waals surface area (Å²) >= 11 is 0. The van der Waals surface area contributed by atoms with Crippen molar-refractivity contribution in [2.24, 2.45) is 0 Å². The molecule has 2 aromatic heterocycles. The summed E-state index contributed by atoms with van der Waals surface area (Å²) in [5.41, 5.74) is 2.29. The van der Waals surface area contributed by atoms with Gasteiger partial charge in [-0.05, 0) is 18.6 Å². The molecule has 0 bridgehead atoms. The smallest absolute Gasteiger partial charge is 0.124 e. The van der Waals surface area contributed by atoms with Gasteiger partial charge in [-0.2, -0.15) is 0 Å². The Morgan fingerprint density at radius 1 is 1.13 bits per heavy atom. The summed E-state index contributed by atoms with van der Waals surface area (Å²) in [4.78, 5) is 12.0. The highest BCUT2D eigenvalue weighted by molar-refractivity contribution is 5.28. The van der Waals surface area contributed by atoms with Gasteiger partial charge in [0.25, 0.3) is 0 Å². The monoisotopic (exact) mass is 201 g/mol. The van der Waals surface area contributed by atoms with E-state index in [1.165, 1.54) is 0 Å². The lowest BCUT2D eigenvalue weighted by molar-refractivity contribution is 0.213. The van der Waals surface area contributed by atoms with Crippen LogP contribution in [0.2, 0.25) is 0 Å². The van der Waals surface area contributed by atoms with Crippen LogP contribution in [-0.2, 0) is 0 Å². The third kappa shape index (κ3) is 1.99. The van der Waals surface area contributed by atoms with Crippen molar-refractivity contribution in [1.82, 2.24) is 15.0 Å². The molecule has 0 aliphatic heterocycles. The van der Waals surface area contributed by atoms with Crippen molar-refractivity contribution in [3.05, 3.63) is 53.9 Å². The summed E-state index contributed by atoms with van der Waals surface area (Å²) in [7, 11) is 0. The third-order valence-electron chi connectivity index (χ3n) is 2.24. The first-order valence-electron chi connectivity index (χ1n) is 4.63. The van der Waals surface area contributed by atoms with Gasteiger partial charge in [0.1, 0.15) is 6.10 Å². The molecule has 4 nitrogen and oxygen atoms in total. The number of aliphatic hydroxyl groups excluding tert-OH is 1. The molecule has 0 amide bonds. The zero-order valence-corrected chi connectivity index (χ0v) is 8.33. The predicted molar refractivity (Wildman–Crippen MR) is 55.1 cm³/mol. The van der Waals surface area contributed by atoms with E-state index in [0.29, 0.717) is 5.69 Å². The topological polar surface area (TPSA) is 58.9 Å². The van der Waals surface area contributed by atoms with Crippen molar-refractivity contribution in [2.75, 3.05) is 0 Å². The Balaban J connectivity index is 2.37. The van der Waals surface area contributed by atoms with Gasteiger partial charge in [-0.3, -0.25) is 15.0 Å². The van der Waals surface area contributed by atoms with E-state index >= 15 is 0 Å². The molecule has 2 heterocycles. The minimum atomic E-state index is -0.757. The number of rotatable bonds is 2. The van der Waals surface area contributed by atoms with Gasteiger partial charge >= 0.3 is 0 Å². The minimum absolute atomic E-state index is 0.536. The second-order valence-corrected chi connectivity index (χ2v) is 3.27. The van der Waals surface area contributed by atoms with Crippen molar-refractivity contribution in [3.63, 3.8) is 0 Å². The number of aliphatic hydroxyl groups is 1. The Morgan fingerprint density at radius 3 is 2.60 bits per heavy atom. The van der Waals surface area contributed by atoms with Crippen molar-refractivity contribution in [3.8, 4) is 0 Å². The van der Waals surface area contributed by atoms with E-state index in [9.17, 15) is 5.11 Å². The Morgan fingerprint density at radius 2 is 1.93 bits per heavy atom. The number of aryl methyl sites for hydroxylation is 1. The maximum atomic E-state index is 10.0. The van der Waals surface area contributed by atoms with Gasteiger partial charge in [0.2, 0.25) is 0 Å². The lowest BCUT2D eigenvalue weighted by Crippen LogP contribution is -2.04. The zero-order chi connectivity index (χ0) is 10.7. The van der Waals surface area contributed by atoms with Crippen LogP contribution < -0.4 is 0 Å². The minimum Gasteiger partial charge on any atom is -0.382 e. The molecule has 0 aromatic carbocycles. The third-order valence-corrected chi connectivity index (χ3v) is 2.24. The first-order valence-corrected chi connectivity index (χ1v) is 4.63. The number of pyridine rings is 1. The van der Waals surface area contributed by atoms with Gasteiger partial charge in [-0.15, -0.1) is 0 Å². The normalized spacial score (nSPS) is 12.4. The van der Waals surface area contributed by atoms with E-state index in [-0.39, 0.29) is 0 Å². The van der Waals surface area contributed by atoms with E-state index < -0.39 is 6.10 Å². The van der Waals surface area contributed by atoms with Crippen LogP contribution in [-0.4, -0.2) is 20.1 Å². The van der Waals surface area contributed by atoms with Gasteiger partial charge in [0, 0.05) is 30.4 Å². The number of hydrogen-bond donors (Lipinski definition) is 1. The van der Waals surface area contributed by atoms with E-state index in [4.69, 9.17) is 0 Å². The van der Waals surface area contributed by atoms with Crippen molar-refractivity contribution >= 4 is 0 Å². The lowest BCUT2D eigenvalue weighted by Gasteiger charge is -2.11. The Hall–Kier alpha value is -1.81. The molecule has 1 atom stereocenters. The maximum absolute atomic E-state index is 10.0. The molecule has 76 valence electrons. The molecule has 1 N–H and O–H groups in total. The molecule has 1 unspecified atom stereocenters. The molecule has 0 aliphatic carbocycles. The fourth-order valence-corrected chi connectivity index (χ4v) is 1.37. The fourth-order valence-electron chi connectivity index (χ4n) is 1.37. The zero-order valence-electron chi connectivity index (χ0n) is 8.33. The lowest BCUT2D eigenvalue weighted by atomic mass is 10.0. The van der Waals surface area contributed by atoms with E-state index in [2.05, 4.69) is 15.0 Å². The molecule has 0 saturated carbocycles. The highest BCUT2D eigenvalue weighted by atomic mass is 16.3. The molecule has 0 radical (unpaired) electrons. The molecule has 2 aromatic rings. The number of nitrogens with zero attached hydrogens (tertiary/aromatic N) is 3. The average molecular weight is 201 g/mol. The van der Waals surface area contributed by atoms with Crippen LogP contribution in [0.5, 0.6) is 0 Å². The van der Waals surface area contributed by atoms with Gasteiger partial charge in [-0.1, -0.05) is 0 Å². The van der Waals surface area contributed by atoms with E-state index in [0.717, 1.165) is 11.1 Å². The second kappa shape index (κ2) is 4.14. The average Bonchev–Trinajstić information content (AvgIpc) is 2.30. The largest absolute Gasteiger partial charge is 0.382 e. The molecular formula is C11H11N3O. The fraction of sp³-hybridized carbons (Fsp3) is 0.182. The summed E-state index contributed by atoms with van der Waals surface area (Å²) < 4.78 is 0. The van der Waals surface area contributed by atoms with Crippen LogP contribution in [0.4, 0.5) is 0 Å². The van der Waals surface area contributed by atoms with Crippen LogP contribution in [0, 0.1) is 6.92 Å². The van der Waals surface area contributed by atoms with Gasteiger partial charge in [-0.25, -0.2) is 0 Å². The summed E-state index contributed by atoms with van der Waals surface area (Å²) in [5, 5.41) is 10.0. The van der Waals surface area contributed by atoms with Crippen molar-refractivity contribution < 1.29 is 5.11 Å². The Bertz CT molecular complexity index is 445. The maximum Gasteiger partial charge on any atom is 0.124 e. The van der Waals surface area contributed by atoms with Gasteiger partial charge in [0.15, 0.2) is 0 Å². The van der Waals surface area contributed by atoms with Gasteiger partial charge < -0.3 is 5.11 Å². The number of hydrogen-bond acceptors (Lipinski definition) is 4. The summed E-state index contributed by atoms with van der Waals surface area (Å²) in [6.45, 7) is 1.93. The van der Waals surface area contributed by atoms with Crippen LogP contribution in [0.25, 0.3) is 0 Å². The first-order chi connectivity index (χ1) is 7.29. The molecule has 15 heavy (non-hydrogen) atoms. The van der Waals surface area contributed by atoms with E-state index in [1.807, 2.05) is 13.0 Å². The molecule has 0 spiro atoms. The summed E-state index contributed by atoms with van der Waals surface area (Å²) in [5.74, 6) is 0. The quantitative estimate of drug-likeness (QED) is 0.794. The Labute approximate surface area is 87.7 Å². The second-order valence-electron chi connectivity index (χ2n) is 3.27. The molecule has 0 aliphatic rings. The highest BCUT2D eigenvalue weighted by Crippen LogP contribution is 2.21. The van der Waals surface area contributed by atoms with Crippen LogP contribution in [0.3, 0.4) is 0 Å². The van der Waals surface area contributed by atoms with Crippen LogP contribution in [0.1, 0.15) is 22.9 Å². The van der Waals surface area contributed by atoms with Gasteiger partial charge in [0.05, 0.1) is 11.9 Å². The highest BCUT2D eigenvalue weighted by Gasteiger charge is 2.13. The van der Waals surface area contributed by atoms with Crippen molar-refractivity contribution in [1.29, 1.82) is 0 Å². The van der Waals surface area contributed by atoms with Crippen molar-refractivity contribution in [2.45, 2.75) is 13.0 Å². The van der Waals surface area contributed by atoms with E-state index in [1.54, 1.807) is 31.0 Å². The molecule has 4 heteroatoms. The molecule has 0 saturated heterocycles. The summed E-state index contributed by atoms with van der Waals surface area (Å²) in [6, 6.07) is 1.86.